The van der Waals surface area contributed by atoms with E-state index in [2.05, 4.69) is 14.8 Å². The number of pyridine rings is 1. The van der Waals surface area contributed by atoms with Crippen molar-refractivity contribution in [2.24, 2.45) is 7.05 Å². The summed E-state index contributed by atoms with van der Waals surface area (Å²) < 4.78 is 29.3. The van der Waals surface area contributed by atoms with Gasteiger partial charge in [0.25, 0.3) is 0 Å². The highest BCUT2D eigenvalue weighted by Crippen LogP contribution is 2.18. The van der Waals surface area contributed by atoms with Gasteiger partial charge < -0.3 is 0 Å². The third kappa shape index (κ3) is 3.94. The summed E-state index contributed by atoms with van der Waals surface area (Å²) in [4.78, 5) is 4.68. The minimum atomic E-state index is -3.56. The molecule has 7 heteroatoms. The molecule has 0 spiro atoms. The Hall–Kier alpha value is -2.51. The summed E-state index contributed by atoms with van der Waals surface area (Å²) in [6.07, 6.45) is 5.29. The molecule has 2 heterocycles. The van der Waals surface area contributed by atoms with Crippen LogP contribution in [0.2, 0.25) is 0 Å². The minimum Gasteiger partial charge on any atom is -0.275 e. The molecule has 0 aliphatic rings. The maximum atomic E-state index is 12.5. The predicted molar refractivity (Wildman–Crippen MR) is 96.4 cm³/mol. The zero-order chi connectivity index (χ0) is 18.0. The number of aromatic nitrogens is 3. The summed E-state index contributed by atoms with van der Waals surface area (Å²) in [5.41, 5.74) is 4.28. The van der Waals surface area contributed by atoms with Crippen LogP contribution >= 0.6 is 0 Å². The highest BCUT2D eigenvalue weighted by atomic mass is 32.2. The molecule has 6 nitrogen and oxygen atoms in total. The maximum absolute atomic E-state index is 12.5. The number of sulfonamides is 1. The van der Waals surface area contributed by atoms with Gasteiger partial charge >= 0.3 is 0 Å². The third-order valence-electron chi connectivity index (χ3n) is 3.91. The molecule has 0 saturated heterocycles. The summed E-state index contributed by atoms with van der Waals surface area (Å²) in [6.45, 7) is 3.92. The van der Waals surface area contributed by atoms with Gasteiger partial charge in [0.15, 0.2) is 0 Å². The van der Waals surface area contributed by atoms with Crippen LogP contribution in [0.5, 0.6) is 0 Å². The van der Waals surface area contributed by atoms with Crippen LogP contribution < -0.4 is 4.72 Å². The first kappa shape index (κ1) is 17.3. The van der Waals surface area contributed by atoms with Gasteiger partial charge in [-0.1, -0.05) is 23.8 Å². The van der Waals surface area contributed by atoms with Crippen molar-refractivity contribution in [3.63, 3.8) is 0 Å². The molecule has 0 bridgehead atoms. The van der Waals surface area contributed by atoms with Crippen molar-refractivity contribution in [2.75, 3.05) is 0 Å². The van der Waals surface area contributed by atoms with Crippen LogP contribution in [0.4, 0.5) is 0 Å². The Bertz CT molecular complexity index is 992. The van der Waals surface area contributed by atoms with Gasteiger partial charge in [0.05, 0.1) is 16.8 Å². The Morgan fingerprint density at radius 1 is 1.12 bits per heavy atom. The summed E-state index contributed by atoms with van der Waals surface area (Å²) in [5.74, 6) is 0. The number of rotatable bonds is 5. The fourth-order valence-corrected chi connectivity index (χ4v) is 3.85. The van der Waals surface area contributed by atoms with Crippen molar-refractivity contribution in [2.45, 2.75) is 25.3 Å². The summed E-state index contributed by atoms with van der Waals surface area (Å²) >= 11 is 0. The number of nitrogens with one attached hydrogen (secondary N) is 1. The summed E-state index contributed by atoms with van der Waals surface area (Å²) in [5, 5.41) is 4.12. The standard InChI is InChI=1S/C18H20N4O2S/c1-13-4-7-18(14(2)8-13)25(23,24)21-10-15-5-6-17(19-9-15)16-11-20-22(3)12-16/h4-9,11-12,21H,10H2,1-3H3. The lowest BCUT2D eigenvalue weighted by Crippen LogP contribution is -2.24. The molecule has 0 radical (unpaired) electrons. The van der Waals surface area contributed by atoms with Crippen molar-refractivity contribution in [3.8, 4) is 11.3 Å². The van der Waals surface area contributed by atoms with Crippen molar-refractivity contribution >= 4 is 10.0 Å². The van der Waals surface area contributed by atoms with E-state index in [9.17, 15) is 8.42 Å². The van der Waals surface area contributed by atoms with E-state index in [0.29, 0.717) is 4.90 Å². The second-order valence-electron chi connectivity index (χ2n) is 6.05. The molecule has 1 aromatic carbocycles. The molecule has 0 fully saturated rings. The van der Waals surface area contributed by atoms with Crippen LogP contribution in [0.1, 0.15) is 16.7 Å². The fraction of sp³-hybridized carbons (Fsp3) is 0.222. The molecular weight excluding hydrogens is 336 g/mol. The number of aryl methyl sites for hydroxylation is 3. The van der Waals surface area contributed by atoms with Gasteiger partial charge in [-0.15, -0.1) is 0 Å². The van der Waals surface area contributed by atoms with Crippen LogP contribution in [-0.2, 0) is 23.6 Å². The van der Waals surface area contributed by atoms with Crippen molar-refractivity contribution in [3.05, 3.63) is 65.6 Å². The van der Waals surface area contributed by atoms with Gasteiger partial charge in [-0.2, -0.15) is 5.10 Å². The molecule has 25 heavy (non-hydrogen) atoms. The van der Waals surface area contributed by atoms with Crippen LogP contribution in [0.15, 0.2) is 53.8 Å². The molecular formula is C18H20N4O2S. The topological polar surface area (TPSA) is 76.9 Å². The molecule has 0 saturated carbocycles. The average Bonchev–Trinajstić information content (AvgIpc) is 3.00. The second-order valence-corrected chi connectivity index (χ2v) is 7.78. The second kappa shape index (κ2) is 6.78. The van der Waals surface area contributed by atoms with E-state index in [4.69, 9.17) is 0 Å². The van der Waals surface area contributed by atoms with Gasteiger partial charge in [0.1, 0.15) is 0 Å². The quantitative estimate of drug-likeness (QED) is 0.762. The lowest BCUT2D eigenvalue weighted by Gasteiger charge is -2.10. The highest BCUT2D eigenvalue weighted by Gasteiger charge is 2.16. The highest BCUT2D eigenvalue weighted by molar-refractivity contribution is 7.89. The number of benzene rings is 1. The average molecular weight is 356 g/mol. The van der Waals surface area contributed by atoms with E-state index < -0.39 is 10.0 Å². The molecule has 3 aromatic rings. The van der Waals surface area contributed by atoms with Gasteiger partial charge in [-0.25, -0.2) is 13.1 Å². The van der Waals surface area contributed by atoms with Gasteiger partial charge in [-0.05, 0) is 37.1 Å². The molecule has 0 amide bonds. The van der Waals surface area contributed by atoms with E-state index >= 15 is 0 Å². The van der Waals surface area contributed by atoms with E-state index in [1.165, 1.54) is 0 Å². The molecule has 1 N–H and O–H groups in total. The Labute approximate surface area is 147 Å². The molecule has 2 aromatic heterocycles. The third-order valence-corrected chi connectivity index (χ3v) is 5.47. The smallest absolute Gasteiger partial charge is 0.241 e. The summed E-state index contributed by atoms with van der Waals surface area (Å²) in [7, 11) is -1.71. The van der Waals surface area contributed by atoms with Gasteiger partial charge in [-0.3, -0.25) is 9.67 Å². The number of hydrogen-bond donors (Lipinski definition) is 1. The zero-order valence-corrected chi connectivity index (χ0v) is 15.2. The first-order valence-electron chi connectivity index (χ1n) is 7.86. The normalized spacial score (nSPS) is 11.6. The maximum Gasteiger partial charge on any atom is 0.241 e. The Morgan fingerprint density at radius 3 is 2.52 bits per heavy atom. The first-order chi connectivity index (χ1) is 11.8. The number of nitrogens with zero attached hydrogens (tertiary/aromatic N) is 3. The minimum absolute atomic E-state index is 0.190. The van der Waals surface area contributed by atoms with E-state index in [0.717, 1.165) is 27.9 Å². The summed E-state index contributed by atoms with van der Waals surface area (Å²) in [6, 6.07) is 9.01. The Kier molecular flexibility index (Phi) is 4.69. The van der Waals surface area contributed by atoms with Crippen molar-refractivity contribution in [1.29, 1.82) is 0 Å². The SMILES string of the molecule is Cc1ccc(S(=O)(=O)NCc2ccc(-c3cnn(C)c3)nc2)c(C)c1. The molecule has 0 atom stereocenters. The monoisotopic (exact) mass is 356 g/mol. The van der Waals surface area contributed by atoms with Crippen LogP contribution in [0.25, 0.3) is 11.3 Å². The van der Waals surface area contributed by atoms with Crippen molar-refractivity contribution < 1.29 is 8.42 Å². The van der Waals surface area contributed by atoms with Crippen molar-refractivity contribution in [1.82, 2.24) is 19.5 Å². The lowest BCUT2D eigenvalue weighted by atomic mass is 10.2. The molecule has 130 valence electrons. The van der Waals surface area contributed by atoms with E-state index in [1.807, 2.05) is 38.4 Å². The molecule has 0 aliphatic heterocycles. The predicted octanol–water partition coefficient (Wildman–Crippen LogP) is 2.58. The molecule has 0 unspecified atom stereocenters. The Balaban J connectivity index is 1.72. The van der Waals surface area contributed by atoms with Crippen LogP contribution in [0.3, 0.4) is 0 Å². The first-order valence-corrected chi connectivity index (χ1v) is 9.34. The largest absolute Gasteiger partial charge is 0.275 e. The Morgan fingerprint density at radius 2 is 1.92 bits per heavy atom. The fourth-order valence-electron chi connectivity index (χ4n) is 2.61. The van der Waals surface area contributed by atoms with Crippen LogP contribution in [0, 0.1) is 13.8 Å². The van der Waals surface area contributed by atoms with E-state index in [-0.39, 0.29) is 6.54 Å². The van der Waals surface area contributed by atoms with Gasteiger partial charge in [0.2, 0.25) is 10.0 Å². The zero-order valence-electron chi connectivity index (χ0n) is 14.4. The number of hydrogen-bond acceptors (Lipinski definition) is 4. The van der Waals surface area contributed by atoms with Gasteiger partial charge in [0, 0.05) is 31.5 Å². The molecule has 0 aliphatic carbocycles. The van der Waals surface area contributed by atoms with E-state index in [1.54, 1.807) is 36.1 Å². The molecule has 3 rings (SSSR count). The van der Waals surface area contributed by atoms with Crippen LogP contribution in [-0.4, -0.2) is 23.2 Å². The lowest BCUT2D eigenvalue weighted by molar-refractivity contribution is 0.580.